The fourth-order valence-electron chi connectivity index (χ4n) is 3.53. The van der Waals surface area contributed by atoms with E-state index >= 15 is 0 Å². The van der Waals surface area contributed by atoms with Gasteiger partial charge < -0.3 is 28.9 Å². The van der Waals surface area contributed by atoms with Gasteiger partial charge >= 0.3 is 17.9 Å². The molecule has 0 fully saturated rings. The van der Waals surface area contributed by atoms with Crippen molar-refractivity contribution < 1.29 is 28.6 Å². The average molecular weight is 534 g/mol. The maximum atomic E-state index is 12.8. The second kappa shape index (κ2) is 13.3. The molecule has 9 heteroatoms. The number of esters is 3. The van der Waals surface area contributed by atoms with Crippen molar-refractivity contribution in [1.82, 2.24) is 0 Å². The molecule has 0 aromatic heterocycles. The highest BCUT2D eigenvalue weighted by atomic mass is 16.6. The molecule has 0 amide bonds. The van der Waals surface area contributed by atoms with E-state index in [0.717, 1.165) is 17.1 Å². The highest BCUT2D eigenvalue weighted by molar-refractivity contribution is 5.91. The first-order chi connectivity index (χ1) is 18.5. The van der Waals surface area contributed by atoms with E-state index in [-0.39, 0.29) is 13.2 Å². The zero-order valence-corrected chi connectivity index (χ0v) is 23.2. The summed E-state index contributed by atoms with van der Waals surface area (Å²) in [6.45, 7) is -0.578. The van der Waals surface area contributed by atoms with Crippen LogP contribution in [0, 0.1) is 0 Å². The number of rotatable bonds is 11. The number of nitrogens with zero attached hydrogens (tertiary/aromatic N) is 3. The lowest BCUT2D eigenvalue weighted by molar-refractivity contribution is -0.0253. The molecule has 3 aromatic carbocycles. The fraction of sp³-hybridized carbons (Fsp3) is 0.300. The molecule has 0 radical (unpaired) electrons. The van der Waals surface area contributed by atoms with Crippen LogP contribution < -0.4 is 14.7 Å². The number of benzene rings is 3. The Morgan fingerprint density at radius 3 is 1.08 bits per heavy atom. The SMILES string of the molecule is CN(C)c1ccc(C(=O)OCC(COC(=O)c2ccc(N(C)C)cc2)OC(=O)c2ccc(N(C)C)cc2)cc1. The Kier molecular flexibility index (Phi) is 9.92. The summed E-state index contributed by atoms with van der Waals surface area (Å²) in [5.41, 5.74) is 3.81. The van der Waals surface area contributed by atoms with Crippen LogP contribution in [0.15, 0.2) is 72.8 Å². The summed E-state index contributed by atoms with van der Waals surface area (Å²) in [5.74, 6) is -1.78. The van der Waals surface area contributed by atoms with Crippen molar-refractivity contribution in [1.29, 1.82) is 0 Å². The number of ether oxygens (including phenoxy) is 3. The maximum Gasteiger partial charge on any atom is 0.338 e. The minimum absolute atomic E-state index is 0.289. The van der Waals surface area contributed by atoms with Gasteiger partial charge in [-0.15, -0.1) is 0 Å². The monoisotopic (exact) mass is 533 g/mol. The van der Waals surface area contributed by atoms with Gasteiger partial charge in [-0.05, 0) is 72.8 Å². The van der Waals surface area contributed by atoms with Gasteiger partial charge in [0.25, 0.3) is 0 Å². The summed E-state index contributed by atoms with van der Waals surface area (Å²) in [6, 6.07) is 20.7. The van der Waals surface area contributed by atoms with Crippen molar-refractivity contribution in [2.45, 2.75) is 6.10 Å². The van der Waals surface area contributed by atoms with E-state index < -0.39 is 24.0 Å². The molecule has 3 aromatic rings. The first-order valence-electron chi connectivity index (χ1n) is 12.4. The summed E-state index contributed by atoms with van der Waals surface area (Å²) < 4.78 is 16.4. The van der Waals surface area contributed by atoms with E-state index in [1.165, 1.54) is 0 Å². The lowest BCUT2D eigenvalue weighted by atomic mass is 10.2. The van der Waals surface area contributed by atoms with Crippen molar-refractivity contribution >= 4 is 35.0 Å². The van der Waals surface area contributed by atoms with Crippen LogP contribution in [0.5, 0.6) is 0 Å². The van der Waals surface area contributed by atoms with Crippen LogP contribution in [0.4, 0.5) is 17.1 Å². The molecular weight excluding hydrogens is 498 g/mol. The van der Waals surface area contributed by atoms with Crippen LogP contribution in [0.1, 0.15) is 31.1 Å². The van der Waals surface area contributed by atoms with Crippen LogP contribution in [-0.2, 0) is 14.2 Å². The first-order valence-corrected chi connectivity index (χ1v) is 12.4. The third-order valence-corrected chi connectivity index (χ3v) is 5.93. The molecule has 39 heavy (non-hydrogen) atoms. The lowest BCUT2D eigenvalue weighted by Crippen LogP contribution is -2.31. The Morgan fingerprint density at radius 2 is 0.795 bits per heavy atom. The summed E-state index contributed by atoms with van der Waals surface area (Å²) in [5, 5.41) is 0. The molecular formula is C30H35N3O6. The van der Waals surface area contributed by atoms with E-state index in [4.69, 9.17) is 14.2 Å². The van der Waals surface area contributed by atoms with E-state index in [0.29, 0.717) is 16.7 Å². The van der Waals surface area contributed by atoms with E-state index in [1.54, 1.807) is 72.8 Å². The Balaban J connectivity index is 1.68. The van der Waals surface area contributed by atoms with Crippen molar-refractivity contribution in [3.63, 3.8) is 0 Å². The van der Waals surface area contributed by atoms with E-state index in [1.807, 2.05) is 57.0 Å². The molecule has 0 atom stereocenters. The van der Waals surface area contributed by atoms with Crippen LogP contribution in [0.25, 0.3) is 0 Å². The van der Waals surface area contributed by atoms with E-state index in [2.05, 4.69) is 0 Å². The van der Waals surface area contributed by atoms with Gasteiger partial charge in [0.05, 0.1) is 16.7 Å². The Labute approximate surface area is 229 Å². The maximum absolute atomic E-state index is 12.8. The number of hydrogen-bond donors (Lipinski definition) is 0. The Morgan fingerprint density at radius 1 is 0.513 bits per heavy atom. The zero-order valence-electron chi connectivity index (χ0n) is 23.2. The zero-order chi connectivity index (χ0) is 28.5. The Bertz CT molecular complexity index is 1190. The molecule has 0 saturated heterocycles. The highest BCUT2D eigenvalue weighted by Crippen LogP contribution is 2.17. The fourth-order valence-corrected chi connectivity index (χ4v) is 3.53. The number of anilines is 3. The van der Waals surface area contributed by atoms with Crippen molar-refractivity contribution in [3.8, 4) is 0 Å². The van der Waals surface area contributed by atoms with Gasteiger partial charge in [-0.1, -0.05) is 0 Å². The van der Waals surface area contributed by atoms with Gasteiger partial charge in [-0.2, -0.15) is 0 Å². The molecule has 0 saturated carbocycles. The largest absolute Gasteiger partial charge is 0.458 e. The average Bonchev–Trinajstić information content (AvgIpc) is 2.94. The van der Waals surface area contributed by atoms with Gasteiger partial charge in [-0.3, -0.25) is 0 Å². The Hall–Kier alpha value is -4.53. The normalized spacial score (nSPS) is 10.5. The third kappa shape index (κ3) is 8.23. The van der Waals surface area contributed by atoms with Crippen LogP contribution >= 0.6 is 0 Å². The molecule has 0 heterocycles. The molecule has 0 bridgehead atoms. The van der Waals surface area contributed by atoms with Gasteiger partial charge in [0.1, 0.15) is 13.2 Å². The highest BCUT2D eigenvalue weighted by Gasteiger charge is 2.22. The molecule has 9 nitrogen and oxygen atoms in total. The number of hydrogen-bond acceptors (Lipinski definition) is 9. The van der Waals surface area contributed by atoms with Crippen LogP contribution in [0.2, 0.25) is 0 Å². The third-order valence-electron chi connectivity index (χ3n) is 5.93. The van der Waals surface area contributed by atoms with Crippen molar-refractivity contribution in [2.75, 3.05) is 70.2 Å². The van der Waals surface area contributed by atoms with Crippen LogP contribution in [-0.4, -0.2) is 79.5 Å². The number of carbonyl (C=O) groups is 3. The van der Waals surface area contributed by atoms with Gasteiger partial charge in [-0.25, -0.2) is 14.4 Å². The molecule has 206 valence electrons. The smallest absolute Gasteiger partial charge is 0.338 e. The minimum atomic E-state index is -1.01. The first kappa shape index (κ1) is 29.0. The molecule has 0 aliphatic rings. The quantitative estimate of drug-likeness (QED) is 0.267. The topological polar surface area (TPSA) is 88.6 Å². The predicted molar refractivity (Wildman–Crippen MR) is 152 cm³/mol. The van der Waals surface area contributed by atoms with Crippen molar-refractivity contribution in [3.05, 3.63) is 89.5 Å². The van der Waals surface area contributed by atoms with Gasteiger partial charge in [0.2, 0.25) is 0 Å². The lowest BCUT2D eigenvalue weighted by Gasteiger charge is -2.19. The second-order valence-electron chi connectivity index (χ2n) is 9.55. The van der Waals surface area contributed by atoms with Crippen LogP contribution in [0.3, 0.4) is 0 Å². The molecule has 0 spiro atoms. The van der Waals surface area contributed by atoms with Gasteiger partial charge in [0.15, 0.2) is 6.10 Å². The van der Waals surface area contributed by atoms with Gasteiger partial charge in [0, 0.05) is 59.3 Å². The van der Waals surface area contributed by atoms with Crippen molar-refractivity contribution in [2.24, 2.45) is 0 Å². The molecule has 0 aliphatic heterocycles. The summed E-state index contributed by atoms with van der Waals surface area (Å²) in [4.78, 5) is 43.9. The summed E-state index contributed by atoms with van der Waals surface area (Å²) in [7, 11) is 11.4. The molecule has 3 rings (SSSR count). The summed E-state index contributed by atoms with van der Waals surface area (Å²) >= 11 is 0. The predicted octanol–water partition coefficient (Wildman–Crippen LogP) is 4.12. The molecule has 0 N–H and O–H groups in total. The van der Waals surface area contributed by atoms with E-state index in [9.17, 15) is 14.4 Å². The second-order valence-corrected chi connectivity index (χ2v) is 9.55. The minimum Gasteiger partial charge on any atom is -0.458 e. The summed E-state index contributed by atoms with van der Waals surface area (Å²) in [6.07, 6.45) is -1.01. The number of carbonyl (C=O) groups excluding carboxylic acids is 3. The standard InChI is InChI=1S/C30H35N3O6/c1-31(2)24-13-7-21(8-14-24)28(34)37-19-27(39-30(36)23-11-17-26(18-12-23)33(5)6)20-38-29(35)22-9-15-25(16-10-22)32(3)4/h7-18,27H,19-20H2,1-6H3. The molecule has 0 unspecified atom stereocenters. The molecule has 0 aliphatic carbocycles.